The molecule has 0 amide bonds. The van der Waals surface area contributed by atoms with Crippen LogP contribution in [0.1, 0.15) is 10.4 Å². The predicted octanol–water partition coefficient (Wildman–Crippen LogP) is 2.85. The zero-order chi connectivity index (χ0) is 10.4. The molecule has 74 valence electrons. The maximum atomic E-state index is 10.8. The number of rotatable bonds is 1. The zero-order valence-corrected chi connectivity index (χ0v) is 8.49. The van der Waals surface area contributed by atoms with Crippen LogP contribution in [0.5, 0.6) is 0 Å². The maximum Gasteiger partial charge on any atom is 0.337 e. The van der Waals surface area contributed by atoms with E-state index in [0.29, 0.717) is 5.56 Å². The van der Waals surface area contributed by atoms with Gasteiger partial charge in [0.25, 0.3) is 0 Å². The van der Waals surface area contributed by atoms with Crippen LogP contribution in [0.4, 0.5) is 0 Å². The van der Waals surface area contributed by atoms with Crippen LogP contribution in [0.2, 0.25) is 0 Å². The number of hydrogen-bond donors (Lipinski definition) is 1. The number of hydrogen-bond acceptors (Lipinski definition) is 2. The molecular formula is C11H7NO2S. The fourth-order valence-corrected chi connectivity index (χ4v) is 2.76. The number of para-hydroxylation sites is 1. The van der Waals surface area contributed by atoms with Crippen molar-refractivity contribution in [3.63, 3.8) is 0 Å². The number of benzene rings is 1. The third kappa shape index (κ3) is 1.15. The smallest absolute Gasteiger partial charge is 0.337 e. The fraction of sp³-hybridized carbons (Fsp3) is 0. The minimum Gasteiger partial charge on any atom is -0.478 e. The second-order valence-corrected chi connectivity index (χ2v) is 4.37. The van der Waals surface area contributed by atoms with Crippen LogP contribution in [-0.2, 0) is 0 Å². The van der Waals surface area contributed by atoms with Crippen LogP contribution in [0.15, 0.2) is 36.5 Å². The van der Waals surface area contributed by atoms with E-state index in [1.807, 2.05) is 28.7 Å². The Morgan fingerprint density at radius 3 is 2.93 bits per heavy atom. The summed E-state index contributed by atoms with van der Waals surface area (Å²) in [5, 5.41) is 8.87. The molecular weight excluding hydrogens is 210 g/mol. The van der Waals surface area contributed by atoms with Gasteiger partial charge in [0, 0.05) is 6.20 Å². The minimum atomic E-state index is -0.880. The van der Waals surface area contributed by atoms with Crippen molar-refractivity contribution < 1.29 is 9.90 Å². The highest BCUT2D eigenvalue weighted by atomic mass is 32.1. The molecule has 1 aromatic carbocycles. The van der Waals surface area contributed by atoms with Gasteiger partial charge in [-0.2, -0.15) is 0 Å². The van der Waals surface area contributed by atoms with E-state index in [1.165, 1.54) is 4.70 Å². The number of carbonyl (C=O) groups is 1. The molecule has 4 heteroatoms. The molecule has 3 nitrogen and oxygen atoms in total. The fourth-order valence-electron chi connectivity index (χ4n) is 1.68. The molecule has 0 aliphatic carbocycles. The van der Waals surface area contributed by atoms with Crippen molar-refractivity contribution in [2.75, 3.05) is 0 Å². The predicted molar refractivity (Wildman–Crippen MR) is 59.7 cm³/mol. The van der Waals surface area contributed by atoms with Crippen LogP contribution < -0.4 is 0 Å². The van der Waals surface area contributed by atoms with E-state index in [2.05, 4.69) is 0 Å². The van der Waals surface area contributed by atoms with E-state index < -0.39 is 5.97 Å². The molecule has 2 heterocycles. The topological polar surface area (TPSA) is 41.7 Å². The van der Waals surface area contributed by atoms with E-state index >= 15 is 0 Å². The largest absolute Gasteiger partial charge is 0.478 e. The first-order chi connectivity index (χ1) is 7.25. The SMILES string of the molecule is O=C(O)c1cc2sc3ccccc3n2c1. The summed E-state index contributed by atoms with van der Waals surface area (Å²) in [6.07, 6.45) is 1.66. The van der Waals surface area contributed by atoms with Gasteiger partial charge in [-0.05, 0) is 18.2 Å². The normalized spacial score (nSPS) is 11.2. The molecule has 2 aromatic heterocycles. The molecule has 0 saturated heterocycles. The molecule has 0 fully saturated rings. The molecule has 0 radical (unpaired) electrons. The van der Waals surface area contributed by atoms with Gasteiger partial charge in [0.05, 0.1) is 15.8 Å². The van der Waals surface area contributed by atoms with Crippen LogP contribution in [0.3, 0.4) is 0 Å². The highest BCUT2D eigenvalue weighted by molar-refractivity contribution is 7.24. The lowest BCUT2D eigenvalue weighted by molar-refractivity contribution is 0.0697. The lowest BCUT2D eigenvalue weighted by Gasteiger charge is -1.89. The highest BCUT2D eigenvalue weighted by Crippen LogP contribution is 2.27. The second kappa shape index (κ2) is 2.84. The van der Waals surface area contributed by atoms with Gasteiger partial charge in [0.1, 0.15) is 4.83 Å². The first-order valence-electron chi connectivity index (χ1n) is 4.48. The van der Waals surface area contributed by atoms with Crippen LogP contribution in [0.25, 0.3) is 15.0 Å². The molecule has 0 saturated carbocycles. The third-order valence-electron chi connectivity index (χ3n) is 2.37. The highest BCUT2D eigenvalue weighted by Gasteiger charge is 2.10. The Bertz CT molecular complexity index is 665. The average molecular weight is 217 g/mol. The molecule has 0 unspecified atom stereocenters. The molecule has 3 aromatic rings. The summed E-state index contributed by atoms with van der Waals surface area (Å²) in [4.78, 5) is 11.8. The Morgan fingerprint density at radius 2 is 2.13 bits per heavy atom. The first kappa shape index (κ1) is 8.49. The lowest BCUT2D eigenvalue weighted by Crippen LogP contribution is -1.92. The minimum absolute atomic E-state index is 0.340. The number of nitrogens with zero attached hydrogens (tertiary/aromatic N) is 1. The Balaban J connectivity index is 2.42. The summed E-state index contributed by atoms with van der Waals surface area (Å²) in [5.41, 5.74) is 1.40. The summed E-state index contributed by atoms with van der Waals surface area (Å²) in [6, 6.07) is 9.66. The number of aromatic carboxylic acids is 1. The Labute approximate surface area is 89.2 Å². The van der Waals surface area contributed by atoms with Crippen LogP contribution >= 0.6 is 11.3 Å². The van der Waals surface area contributed by atoms with Gasteiger partial charge in [-0.15, -0.1) is 11.3 Å². The molecule has 15 heavy (non-hydrogen) atoms. The number of thiazole rings is 1. The molecule has 3 rings (SSSR count). The first-order valence-corrected chi connectivity index (χ1v) is 5.30. The van der Waals surface area contributed by atoms with Gasteiger partial charge in [-0.3, -0.25) is 0 Å². The van der Waals surface area contributed by atoms with E-state index in [9.17, 15) is 4.79 Å². The molecule has 0 atom stereocenters. The van der Waals surface area contributed by atoms with Gasteiger partial charge < -0.3 is 9.51 Å². The van der Waals surface area contributed by atoms with Crippen molar-refractivity contribution in [1.29, 1.82) is 0 Å². The Morgan fingerprint density at radius 1 is 1.33 bits per heavy atom. The van der Waals surface area contributed by atoms with Crippen LogP contribution in [0, 0.1) is 0 Å². The zero-order valence-electron chi connectivity index (χ0n) is 7.68. The van der Waals surface area contributed by atoms with Crippen molar-refractivity contribution in [1.82, 2.24) is 4.40 Å². The van der Waals surface area contributed by atoms with E-state index in [4.69, 9.17) is 5.11 Å². The van der Waals surface area contributed by atoms with Crippen molar-refractivity contribution in [2.24, 2.45) is 0 Å². The van der Waals surface area contributed by atoms with Gasteiger partial charge >= 0.3 is 5.97 Å². The number of carboxylic acids is 1. The van der Waals surface area contributed by atoms with E-state index in [-0.39, 0.29) is 0 Å². The molecule has 1 N–H and O–H groups in total. The van der Waals surface area contributed by atoms with Gasteiger partial charge in [0.15, 0.2) is 0 Å². The Kier molecular flexibility index (Phi) is 1.61. The number of carboxylic acid groups (broad SMARTS) is 1. The monoisotopic (exact) mass is 217 g/mol. The van der Waals surface area contributed by atoms with Crippen LogP contribution in [-0.4, -0.2) is 15.5 Å². The third-order valence-corrected chi connectivity index (χ3v) is 3.46. The Hall–Kier alpha value is -1.81. The standard InChI is InChI=1S/C11H7NO2S/c13-11(14)7-5-10-12(6-7)8-3-1-2-4-9(8)15-10/h1-6H,(H,13,14). The summed E-state index contributed by atoms with van der Waals surface area (Å²) < 4.78 is 3.09. The van der Waals surface area contributed by atoms with Crippen molar-refractivity contribution in [3.05, 3.63) is 42.1 Å². The van der Waals surface area contributed by atoms with Crippen molar-refractivity contribution >= 4 is 32.4 Å². The van der Waals surface area contributed by atoms with Gasteiger partial charge in [0.2, 0.25) is 0 Å². The maximum absolute atomic E-state index is 10.8. The molecule has 0 bridgehead atoms. The summed E-state index contributed by atoms with van der Waals surface area (Å²) >= 11 is 1.60. The molecule has 0 aliphatic rings. The number of aromatic nitrogens is 1. The quantitative estimate of drug-likeness (QED) is 0.681. The van der Waals surface area contributed by atoms with Crippen molar-refractivity contribution in [2.45, 2.75) is 0 Å². The average Bonchev–Trinajstić information content (AvgIpc) is 2.73. The lowest BCUT2D eigenvalue weighted by atomic mass is 10.3. The molecule has 0 spiro atoms. The van der Waals surface area contributed by atoms with Gasteiger partial charge in [-0.1, -0.05) is 12.1 Å². The van der Waals surface area contributed by atoms with Crippen molar-refractivity contribution in [3.8, 4) is 0 Å². The molecule has 0 aliphatic heterocycles. The van der Waals surface area contributed by atoms with E-state index in [0.717, 1.165) is 10.3 Å². The number of fused-ring (bicyclic) bond motifs is 3. The summed E-state index contributed by atoms with van der Waals surface area (Å²) in [7, 11) is 0. The van der Waals surface area contributed by atoms with E-state index in [1.54, 1.807) is 23.6 Å². The second-order valence-electron chi connectivity index (χ2n) is 3.31. The summed E-state index contributed by atoms with van der Waals surface area (Å²) in [5.74, 6) is -0.880. The van der Waals surface area contributed by atoms with Gasteiger partial charge in [-0.25, -0.2) is 4.79 Å². The summed E-state index contributed by atoms with van der Waals surface area (Å²) in [6.45, 7) is 0.